The predicted octanol–water partition coefficient (Wildman–Crippen LogP) is 1.45. The number of aromatic hydroxyl groups is 1. The first-order chi connectivity index (χ1) is 6.25. The van der Waals surface area contributed by atoms with Gasteiger partial charge in [-0.05, 0) is 36.1 Å². The molecule has 1 amide bonds. The quantitative estimate of drug-likeness (QED) is 0.586. The summed E-state index contributed by atoms with van der Waals surface area (Å²) in [6.07, 6.45) is 0.933. The summed E-state index contributed by atoms with van der Waals surface area (Å²) in [5, 5.41) is 12.1. The van der Waals surface area contributed by atoms with Gasteiger partial charge < -0.3 is 10.4 Å². The first kappa shape index (κ1) is 6.95. The third-order valence-corrected chi connectivity index (χ3v) is 2.82. The molecule has 1 heterocycles. The highest BCUT2D eigenvalue weighted by molar-refractivity contribution is 5.99. The second-order valence-corrected chi connectivity index (χ2v) is 3.71. The van der Waals surface area contributed by atoms with Crippen LogP contribution in [0, 0.1) is 5.92 Å². The van der Waals surface area contributed by atoms with E-state index in [-0.39, 0.29) is 17.6 Å². The number of fused-ring (bicyclic) bond motifs is 3. The Bertz CT molecular complexity index is 400. The maximum absolute atomic E-state index is 11.3. The van der Waals surface area contributed by atoms with Gasteiger partial charge in [-0.15, -0.1) is 0 Å². The van der Waals surface area contributed by atoms with Crippen LogP contribution in [0.15, 0.2) is 18.2 Å². The second-order valence-electron chi connectivity index (χ2n) is 3.71. The Labute approximate surface area is 75.4 Å². The van der Waals surface area contributed by atoms with E-state index < -0.39 is 0 Å². The van der Waals surface area contributed by atoms with Gasteiger partial charge >= 0.3 is 0 Å². The summed E-state index contributed by atoms with van der Waals surface area (Å²) in [5.41, 5.74) is 1.95. The van der Waals surface area contributed by atoms with Crippen LogP contribution < -0.4 is 5.32 Å². The molecule has 1 aliphatic carbocycles. The van der Waals surface area contributed by atoms with Crippen molar-refractivity contribution in [3.05, 3.63) is 23.8 Å². The zero-order chi connectivity index (χ0) is 9.00. The first-order valence-electron chi connectivity index (χ1n) is 4.39. The molecular weight excluding hydrogens is 166 g/mol. The maximum Gasteiger partial charge on any atom is 0.228 e. The largest absolute Gasteiger partial charge is 0.508 e. The molecule has 0 bridgehead atoms. The van der Waals surface area contributed by atoms with Gasteiger partial charge in [-0.3, -0.25) is 4.79 Å². The molecule has 3 rings (SSSR count). The molecule has 1 saturated carbocycles. The lowest BCUT2D eigenvalue weighted by molar-refractivity contribution is -0.117. The van der Waals surface area contributed by atoms with Crippen molar-refractivity contribution < 1.29 is 9.90 Å². The van der Waals surface area contributed by atoms with Crippen molar-refractivity contribution in [2.45, 2.75) is 12.3 Å². The van der Waals surface area contributed by atoms with Crippen molar-refractivity contribution in [3.63, 3.8) is 0 Å². The minimum atomic E-state index is 0.128. The summed E-state index contributed by atoms with van der Waals surface area (Å²) in [6, 6.07) is 5.11. The Morgan fingerprint density at radius 3 is 3.08 bits per heavy atom. The number of rotatable bonds is 0. The minimum absolute atomic E-state index is 0.128. The molecule has 1 aliphatic heterocycles. The molecule has 0 aromatic heterocycles. The van der Waals surface area contributed by atoms with Crippen LogP contribution in [0.2, 0.25) is 0 Å². The van der Waals surface area contributed by atoms with E-state index >= 15 is 0 Å². The lowest BCUT2D eigenvalue weighted by atomic mass is 10.0. The molecule has 0 spiro atoms. The maximum atomic E-state index is 11.3. The summed E-state index contributed by atoms with van der Waals surface area (Å²) < 4.78 is 0. The van der Waals surface area contributed by atoms with Gasteiger partial charge in [0.2, 0.25) is 5.91 Å². The van der Waals surface area contributed by atoms with Crippen LogP contribution in [0.1, 0.15) is 17.9 Å². The number of hydrogen-bond acceptors (Lipinski definition) is 2. The van der Waals surface area contributed by atoms with Crippen LogP contribution >= 0.6 is 0 Å². The average molecular weight is 175 g/mol. The highest BCUT2D eigenvalue weighted by Gasteiger charge is 2.48. The molecule has 0 saturated heterocycles. The molecule has 2 aliphatic rings. The fourth-order valence-electron chi connectivity index (χ4n) is 2.02. The van der Waals surface area contributed by atoms with E-state index in [1.54, 1.807) is 18.2 Å². The molecule has 1 aromatic rings. The van der Waals surface area contributed by atoms with E-state index in [0.29, 0.717) is 5.92 Å². The third-order valence-electron chi connectivity index (χ3n) is 2.82. The highest BCUT2D eigenvalue weighted by Crippen LogP contribution is 2.53. The highest BCUT2D eigenvalue weighted by atomic mass is 16.3. The molecule has 1 unspecified atom stereocenters. The smallest absolute Gasteiger partial charge is 0.228 e. The van der Waals surface area contributed by atoms with Crippen LogP contribution in [-0.4, -0.2) is 11.0 Å². The van der Waals surface area contributed by atoms with Crippen LogP contribution in [0.4, 0.5) is 5.69 Å². The number of nitrogens with one attached hydrogen (secondary N) is 1. The lowest BCUT2D eigenvalue weighted by Crippen LogP contribution is -2.19. The predicted molar refractivity (Wildman–Crippen MR) is 47.6 cm³/mol. The van der Waals surface area contributed by atoms with Crippen molar-refractivity contribution in [1.82, 2.24) is 0 Å². The molecule has 2 atom stereocenters. The Morgan fingerprint density at radius 1 is 1.38 bits per heavy atom. The average Bonchev–Trinajstić information content (AvgIpc) is 2.86. The van der Waals surface area contributed by atoms with Gasteiger partial charge in [0.05, 0.1) is 0 Å². The zero-order valence-corrected chi connectivity index (χ0v) is 6.95. The van der Waals surface area contributed by atoms with Crippen molar-refractivity contribution in [2.75, 3.05) is 5.32 Å². The number of phenols is 1. The van der Waals surface area contributed by atoms with Crippen molar-refractivity contribution in [2.24, 2.45) is 5.92 Å². The molecule has 3 nitrogen and oxygen atoms in total. The van der Waals surface area contributed by atoms with Crippen LogP contribution in [0.5, 0.6) is 5.75 Å². The van der Waals surface area contributed by atoms with Gasteiger partial charge in [-0.1, -0.05) is 0 Å². The van der Waals surface area contributed by atoms with E-state index in [2.05, 4.69) is 5.32 Å². The molecule has 1 aromatic carbocycles. The standard InChI is InChI=1S/C10H9NO2/c12-5-1-2-9-7(3-5)6-4-8(6)10(13)11-9/h1-3,6,8,12H,4H2,(H,11,13)/t6-,8?/m1/s1. The Morgan fingerprint density at radius 2 is 2.23 bits per heavy atom. The van der Waals surface area contributed by atoms with Crippen LogP contribution in [0.3, 0.4) is 0 Å². The summed E-state index contributed by atoms with van der Waals surface area (Å²) in [5.74, 6) is 0.925. The number of anilines is 1. The van der Waals surface area contributed by atoms with Gasteiger partial charge in [0.25, 0.3) is 0 Å². The van der Waals surface area contributed by atoms with Crippen molar-refractivity contribution >= 4 is 11.6 Å². The second kappa shape index (κ2) is 2.05. The number of phenolic OH excluding ortho intramolecular Hbond substituents is 1. The van der Waals surface area contributed by atoms with Gasteiger partial charge in [-0.2, -0.15) is 0 Å². The van der Waals surface area contributed by atoms with Gasteiger partial charge in [0.1, 0.15) is 5.75 Å². The van der Waals surface area contributed by atoms with Crippen LogP contribution in [-0.2, 0) is 4.79 Å². The third kappa shape index (κ3) is 0.869. The summed E-state index contributed by atoms with van der Waals surface area (Å²) in [7, 11) is 0. The molecular formula is C10H9NO2. The molecule has 0 radical (unpaired) electrons. The molecule has 13 heavy (non-hydrogen) atoms. The number of amides is 1. The SMILES string of the molecule is O=C1Nc2ccc(O)cc2[C@H]2CC12. The summed E-state index contributed by atoms with van der Waals surface area (Å²) in [4.78, 5) is 11.3. The molecule has 3 heteroatoms. The molecule has 66 valence electrons. The first-order valence-corrected chi connectivity index (χ1v) is 4.39. The van der Waals surface area contributed by atoms with Gasteiger partial charge in [-0.25, -0.2) is 0 Å². The summed E-state index contributed by atoms with van der Waals surface area (Å²) >= 11 is 0. The summed E-state index contributed by atoms with van der Waals surface area (Å²) in [6.45, 7) is 0. The number of hydrogen-bond donors (Lipinski definition) is 2. The van der Waals surface area contributed by atoms with E-state index in [1.807, 2.05) is 0 Å². The minimum Gasteiger partial charge on any atom is -0.508 e. The molecule has 1 fully saturated rings. The van der Waals surface area contributed by atoms with E-state index in [0.717, 1.165) is 17.7 Å². The topological polar surface area (TPSA) is 49.3 Å². The zero-order valence-electron chi connectivity index (χ0n) is 6.95. The number of carbonyl (C=O) groups excluding carboxylic acids is 1. The Kier molecular flexibility index (Phi) is 1.09. The number of benzene rings is 1. The molecule has 2 N–H and O–H groups in total. The normalized spacial score (nSPS) is 28.8. The van der Waals surface area contributed by atoms with Crippen molar-refractivity contribution in [1.29, 1.82) is 0 Å². The Balaban J connectivity index is 2.15. The van der Waals surface area contributed by atoms with Crippen molar-refractivity contribution in [3.8, 4) is 5.75 Å². The van der Waals surface area contributed by atoms with Gasteiger partial charge in [0.15, 0.2) is 0 Å². The number of carbonyl (C=O) groups is 1. The Hall–Kier alpha value is -1.51. The van der Waals surface area contributed by atoms with E-state index in [1.165, 1.54) is 0 Å². The monoisotopic (exact) mass is 175 g/mol. The van der Waals surface area contributed by atoms with Gasteiger partial charge in [0, 0.05) is 11.6 Å². The van der Waals surface area contributed by atoms with E-state index in [4.69, 9.17) is 0 Å². The van der Waals surface area contributed by atoms with Crippen LogP contribution in [0.25, 0.3) is 0 Å². The fourth-order valence-corrected chi connectivity index (χ4v) is 2.02. The lowest BCUT2D eigenvalue weighted by Gasteiger charge is -2.15. The van der Waals surface area contributed by atoms with E-state index in [9.17, 15) is 9.90 Å². The fraction of sp³-hybridized carbons (Fsp3) is 0.300.